The van der Waals surface area contributed by atoms with E-state index in [-0.39, 0.29) is 0 Å². The molecule has 0 aromatic carbocycles. The minimum atomic E-state index is 0.638. The fourth-order valence-electron chi connectivity index (χ4n) is 1.27. The third-order valence-electron chi connectivity index (χ3n) is 2.19. The fraction of sp³-hybridized carbons (Fsp3) is 0.333. The lowest BCUT2D eigenvalue weighted by atomic mass is 10.3. The molecule has 2 rings (SSSR count). The van der Waals surface area contributed by atoms with E-state index in [4.69, 9.17) is 5.84 Å². The smallest absolute Gasteiger partial charge is 0.189 e. The largest absolute Gasteiger partial charge is 0.308 e. The Kier molecular flexibility index (Phi) is 3.55. The highest BCUT2D eigenvalue weighted by molar-refractivity contribution is 7.99. The number of anilines is 1. The number of aromatic nitrogens is 5. The van der Waals surface area contributed by atoms with E-state index in [9.17, 15) is 0 Å². The first-order chi connectivity index (χ1) is 8.24. The van der Waals surface area contributed by atoms with Crippen molar-refractivity contribution in [3.05, 3.63) is 17.7 Å². The van der Waals surface area contributed by atoms with Gasteiger partial charge in [-0.15, -0.1) is 0 Å². The number of hydrazine groups is 1. The lowest BCUT2D eigenvalue weighted by molar-refractivity contribution is 0.867. The van der Waals surface area contributed by atoms with Crippen LogP contribution >= 0.6 is 11.8 Å². The summed E-state index contributed by atoms with van der Waals surface area (Å²) in [6.07, 6.45) is 2.21. The van der Waals surface area contributed by atoms with Crippen LogP contribution in [-0.2, 0) is 6.42 Å². The van der Waals surface area contributed by atoms with Crippen LogP contribution in [0.5, 0.6) is 0 Å². The molecule has 17 heavy (non-hydrogen) atoms. The van der Waals surface area contributed by atoms with Crippen LogP contribution in [0.2, 0.25) is 0 Å². The Morgan fingerprint density at radius 3 is 2.88 bits per heavy atom. The van der Waals surface area contributed by atoms with Crippen molar-refractivity contribution in [2.75, 3.05) is 5.43 Å². The van der Waals surface area contributed by atoms with Crippen LogP contribution < -0.4 is 11.3 Å². The Labute approximate surface area is 103 Å². The minimum absolute atomic E-state index is 0.638. The third kappa shape index (κ3) is 2.53. The number of nitrogens with two attached hydrogens (primary N) is 1. The molecule has 0 aliphatic rings. The summed E-state index contributed by atoms with van der Waals surface area (Å²) in [5, 5.41) is 8.08. The van der Waals surface area contributed by atoms with E-state index in [2.05, 4.69) is 30.6 Å². The Balaban J connectivity index is 2.38. The fourth-order valence-corrected chi connectivity index (χ4v) is 2.06. The second-order valence-corrected chi connectivity index (χ2v) is 4.29. The van der Waals surface area contributed by atoms with E-state index in [1.807, 2.05) is 13.8 Å². The van der Waals surface area contributed by atoms with Gasteiger partial charge in [-0.1, -0.05) is 6.92 Å². The SMILES string of the molecule is CCc1nc(NN)c(C)c(Sc2ncn[nH]2)n1. The molecular formula is C9H13N7S. The highest BCUT2D eigenvalue weighted by Gasteiger charge is 2.11. The van der Waals surface area contributed by atoms with E-state index in [1.54, 1.807) is 0 Å². The number of nitrogens with zero attached hydrogens (tertiary/aromatic N) is 4. The van der Waals surface area contributed by atoms with Gasteiger partial charge >= 0.3 is 0 Å². The van der Waals surface area contributed by atoms with Gasteiger partial charge < -0.3 is 5.43 Å². The molecule has 90 valence electrons. The maximum Gasteiger partial charge on any atom is 0.189 e. The van der Waals surface area contributed by atoms with Gasteiger partial charge in [0, 0.05) is 12.0 Å². The number of hydrogen-bond donors (Lipinski definition) is 3. The summed E-state index contributed by atoms with van der Waals surface area (Å²) < 4.78 is 0. The summed E-state index contributed by atoms with van der Waals surface area (Å²) in [4.78, 5) is 12.8. The highest BCUT2D eigenvalue weighted by Crippen LogP contribution is 2.28. The van der Waals surface area contributed by atoms with Gasteiger partial charge in [-0.05, 0) is 18.7 Å². The number of aromatic amines is 1. The molecule has 0 radical (unpaired) electrons. The minimum Gasteiger partial charge on any atom is -0.308 e. The summed E-state index contributed by atoms with van der Waals surface area (Å²) in [7, 11) is 0. The Hall–Kier alpha value is -1.67. The topological polar surface area (TPSA) is 105 Å². The number of hydrogen-bond acceptors (Lipinski definition) is 7. The highest BCUT2D eigenvalue weighted by atomic mass is 32.2. The van der Waals surface area contributed by atoms with Crippen molar-refractivity contribution in [1.82, 2.24) is 25.1 Å². The number of nitrogens with one attached hydrogen (secondary N) is 2. The van der Waals surface area contributed by atoms with Crippen LogP contribution in [0.3, 0.4) is 0 Å². The predicted octanol–water partition coefficient (Wildman–Crippen LogP) is 0.902. The lowest BCUT2D eigenvalue weighted by Gasteiger charge is -2.09. The van der Waals surface area contributed by atoms with Crippen molar-refractivity contribution in [3.63, 3.8) is 0 Å². The number of aryl methyl sites for hydroxylation is 1. The van der Waals surface area contributed by atoms with E-state index < -0.39 is 0 Å². The van der Waals surface area contributed by atoms with Crippen LogP contribution in [0, 0.1) is 6.92 Å². The second kappa shape index (κ2) is 5.11. The molecule has 2 aromatic rings. The van der Waals surface area contributed by atoms with Gasteiger partial charge in [0.2, 0.25) is 0 Å². The molecule has 8 heteroatoms. The lowest BCUT2D eigenvalue weighted by Crippen LogP contribution is -2.13. The molecule has 0 fully saturated rings. The first kappa shape index (κ1) is 11.8. The number of nitrogen functional groups attached to an aromatic ring is 1. The van der Waals surface area contributed by atoms with Crippen molar-refractivity contribution < 1.29 is 0 Å². The van der Waals surface area contributed by atoms with Gasteiger partial charge in [-0.3, -0.25) is 5.10 Å². The van der Waals surface area contributed by atoms with Gasteiger partial charge in [0.1, 0.15) is 23.0 Å². The average molecular weight is 251 g/mol. The summed E-state index contributed by atoms with van der Waals surface area (Å²) in [5.74, 6) is 6.81. The molecule has 2 heterocycles. The third-order valence-corrected chi connectivity index (χ3v) is 3.17. The van der Waals surface area contributed by atoms with E-state index in [1.165, 1.54) is 18.1 Å². The van der Waals surface area contributed by atoms with Gasteiger partial charge in [-0.25, -0.2) is 20.8 Å². The van der Waals surface area contributed by atoms with E-state index in [0.29, 0.717) is 11.0 Å². The quantitative estimate of drug-likeness (QED) is 0.421. The molecule has 7 nitrogen and oxygen atoms in total. The molecule has 0 unspecified atom stereocenters. The number of rotatable bonds is 4. The molecule has 0 spiro atoms. The van der Waals surface area contributed by atoms with Gasteiger partial charge in [0.15, 0.2) is 5.16 Å². The molecular weight excluding hydrogens is 238 g/mol. The molecule has 0 bridgehead atoms. The van der Waals surface area contributed by atoms with Crippen molar-refractivity contribution in [2.45, 2.75) is 30.5 Å². The van der Waals surface area contributed by atoms with E-state index >= 15 is 0 Å². The van der Waals surface area contributed by atoms with E-state index in [0.717, 1.165) is 22.8 Å². The van der Waals surface area contributed by atoms with Crippen LogP contribution in [0.15, 0.2) is 16.5 Å². The molecule has 0 atom stereocenters. The zero-order valence-electron chi connectivity index (χ0n) is 9.56. The molecule has 0 aliphatic carbocycles. The molecule has 0 aliphatic heterocycles. The summed E-state index contributed by atoms with van der Waals surface area (Å²) in [6, 6.07) is 0. The summed E-state index contributed by atoms with van der Waals surface area (Å²) in [5.41, 5.74) is 3.47. The van der Waals surface area contributed by atoms with Crippen LogP contribution in [0.1, 0.15) is 18.3 Å². The van der Waals surface area contributed by atoms with Gasteiger partial charge in [0.25, 0.3) is 0 Å². The van der Waals surface area contributed by atoms with Crippen molar-refractivity contribution in [3.8, 4) is 0 Å². The maximum atomic E-state index is 5.43. The van der Waals surface area contributed by atoms with Crippen LogP contribution in [0.4, 0.5) is 5.82 Å². The van der Waals surface area contributed by atoms with Crippen molar-refractivity contribution in [2.24, 2.45) is 5.84 Å². The normalized spacial score (nSPS) is 10.5. The average Bonchev–Trinajstić information content (AvgIpc) is 2.84. The first-order valence-corrected chi connectivity index (χ1v) is 5.93. The molecule has 0 amide bonds. The molecule has 0 saturated heterocycles. The monoisotopic (exact) mass is 251 g/mol. The second-order valence-electron chi connectivity index (χ2n) is 3.31. The first-order valence-electron chi connectivity index (χ1n) is 5.12. The Morgan fingerprint density at radius 1 is 1.47 bits per heavy atom. The molecule has 4 N–H and O–H groups in total. The van der Waals surface area contributed by atoms with Crippen molar-refractivity contribution in [1.29, 1.82) is 0 Å². The van der Waals surface area contributed by atoms with Crippen molar-refractivity contribution >= 4 is 17.6 Å². The summed E-state index contributed by atoms with van der Waals surface area (Å²) >= 11 is 1.40. The molecule has 2 aromatic heterocycles. The standard InChI is InChI=1S/C9H13N7S/c1-3-6-13-7(15-10)5(2)8(14-6)17-9-11-4-12-16-9/h4H,3,10H2,1-2H3,(H,11,12,16)(H,13,14,15). The van der Waals surface area contributed by atoms with Gasteiger partial charge in [-0.2, -0.15) is 5.10 Å². The maximum absolute atomic E-state index is 5.43. The zero-order valence-corrected chi connectivity index (χ0v) is 10.4. The predicted molar refractivity (Wildman–Crippen MR) is 64.5 cm³/mol. The molecule has 0 saturated carbocycles. The zero-order chi connectivity index (χ0) is 12.3. The van der Waals surface area contributed by atoms with Gasteiger partial charge in [0.05, 0.1) is 0 Å². The summed E-state index contributed by atoms with van der Waals surface area (Å²) in [6.45, 7) is 3.90. The Morgan fingerprint density at radius 2 is 2.29 bits per heavy atom. The number of H-pyrrole nitrogens is 1. The van der Waals surface area contributed by atoms with Crippen LogP contribution in [0.25, 0.3) is 0 Å². The Bertz CT molecular complexity index is 496. The van der Waals surface area contributed by atoms with Crippen LogP contribution in [-0.4, -0.2) is 25.1 Å².